The Bertz CT molecular complexity index is 1140. The molecule has 5 nitrogen and oxygen atoms in total. The number of aryl methyl sites for hydroxylation is 1. The third kappa shape index (κ3) is 3.27. The molecule has 1 aliphatic rings. The van der Waals surface area contributed by atoms with Gasteiger partial charge in [-0.2, -0.15) is 17.9 Å². The Balaban J connectivity index is 1.84. The van der Waals surface area contributed by atoms with E-state index in [4.69, 9.17) is 0 Å². The molecule has 0 spiro atoms. The number of rotatable bonds is 4. The lowest BCUT2D eigenvalue weighted by molar-refractivity contribution is 0.371. The molecule has 1 atom stereocenters. The highest BCUT2D eigenvalue weighted by Gasteiger charge is 2.38. The fourth-order valence-corrected chi connectivity index (χ4v) is 4.87. The molecule has 0 saturated carbocycles. The number of phenols is 1. The Morgan fingerprint density at radius 3 is 2.39 bits per heavy atom. The van der Waals surface area contributed by atoms with Gasteiger partial charge in [0.25, 0.3) is 10.0 Å². The van der Waals surface area contributed by atoms with Crippen LogP contribution in [0.5, 0.6) is 5.75 Å². The molecule has 0 saturated heterocycles. The summed E-state index contributed by atoms with van der Waals surface area (Å²) >= 11 is 0. The lowest BCUT2D eigenvalue weighted by Crippen LogP contribution is -2.27. The molecule has 1 aliphatic heterocycles. The lowest BCUT2D eigenvalue weighted by Gasteiger charge is -2.23. The van der Waals surface area contributed by atoms with Gasteiger partial charge in [0.05, 0.1) is 16.6 Å². The Kier molecular flexibility index (Phi) is 4.65. The molecule has 142 valence electrons. The van der Waals surface area contributed by atoms with Crippen LogP contribution in [0.25, 0.3) is 0 Å². The second-order valence-corrected chi connectivity index (χ2v) is 8.58. The molecular formula is C22H20N2O3S. The summed E-state index contributed by atoms with van der Waals surface area (Å²) < 4.78 is 27.8. The van der Waals surface area contributed by atoms with Gasteiger partial charge >= 0.3 is 0 Å². The maximum Gasteiger partial charge on any atom is 0.279 e. The van der Waals surface area contributed by atoms with Gasteiger partial charge in [-0.3, -0.25) is 0 Å². The van der Waals surface area contributed by atoms with Crippen LogP contribution in [-0.4, -0.2) is 23.7 Å². The Morgan fingerprint density at radius 2 is 1.68 bits per heavy atom. The number of hydrogen-bond acceptors (Lipinski definition) is 4. The van der Waals surface area contributed by atoms with E-state index in [9.17, 15) is 13.5 Å². The van der Waals surface area contributed by atoms with Crippen molar-refractivity contribution in [3.8, 4) is 5.75 Å². The van der Waals surface area contributed by atoms with Gasteiger partial charge in [-0.05, 0) is 36.8 Å². The second-order valence-electron chi connectivity index (χ2n) is 6.79. The molecule has 6 heteroatoms. The van der Waals surface area contributed by atoms with Gasteiger partial charge in [-0.15, -0.1) is 0 Å². The average Bonchev–Trinajstić information content (AvgIpc) is 3.15. The minimum atomic E-state index is -3.84. The van der Waals surface area contributed by atoms with Crippen molar-refractivity contribution in [1.29, 1.82) is 0 Å². The fraction of sp³-hybridized carbons (Fsp3) is 0.136. The normalized spacial score (nSPS) is 16.8. The first-order valence-electron chi connectivity index (χ1n) is 8.99. The molecule has 3 aromatic carbocycles. The molecular weight excluding hydrogens is 372 g/mol. The van der Waals surface area contributed by atoms with Crippen molar-refractivity contribution in [2.24, 2.45) is 5.10 Å². The minimum absolute atomic E-state index is 0.0863. The Morgan fingerprint density at radius 1 is 0.964 bits per heavy atom. The van der Waals surface area contributed by atoms with E-state index in [1.807, 2.05) is 31.2 Å². The molecule has 0 unspecified atom stereocenters. The zero-order valence-electron chi connectivity index (χ0n) is 15.4. The van der Waals surface area contributed by atoms with Gasteiger partial charge in [0.1, 0.15) is 5.75 Å². The number of hydrazone groups is 1. The maximum absolute atomic E-state index is 13.3. The van der Waals surface area contributed by atoms with Crippen LogP contribution < -0.4 is 0 Å². The zero-order valence-corrected chi connectivity index (χ0v) is 16.2. The molecule has 0 amide bonds. The molecule has 0 aliphatic carbocycles. The number of hydrogen-bond donors (Lipinski definition) is 1. The third-order valence-electron chi connectivity index (χ3n) is 4.80. The minimum Gasteiger partial charge on any atom is -0.507 e. The van der Waals surface area contributed by atoms with Crippen molar-refractivity contribution >= 4 is 15.7 Å². The van der Waals surface area contributed by atoms with Crippen LogP contribution in [0.1, 0.15) is 29.2 Å². The molecule has 28 heavy (non-hydrogen) atoms. The van der Waals surface area contributed by atoms with E-state index in [-0.39, 0.29) is 10.6 Å². The molecule has 0 bridgehead atoms. The van der Waals surface area contributed by atoms with Gasteiger partial charge in [0.2, 0.25) is 0 Å². The highest BCUT2D eigenvalue weighted by molar-refractivity contribution is 7.89. The van der Waals surface area contributed by atoms with Crippen molar-refractivity contribution < 1.29 is 13.5 Å². The standard InChI is InChI=1S/C22H20N2O3S/c1-16-8-7-9-17(14-16)21-15-20(19-12-5-6-13-22(19)25)23-24(21)28(26,27)18-10-3-2-4-11-18/h2-14,21,25H,15H2,1H3/t21-/m0/s1. The van der Waals surface area contributed by atoms with Crippen molar-refractivity contribution in [2.75, 3.05) is 0 Å². The predicted molar refractivity (Wildman–Crippen MR) is 109 cm³/mol. The summed E-state index contributed by atoms with van der Waals surface area (Å²) in [7, 11) is -3.84. The third-order valence-corrected chi connectivity index (χ3v) is 6.50. The van der Waals surface area contributed by atoms with E-state index in [1.54, 1.807) is 54.6 Å². The molecule has 4 rings (SSSR count). The van der Waals surface area contributed by atoms with E-state index in [1.165, 1.54) is 4.41 Å². The molecule has 1 heterocycles. The van der Waals surface area contributed by atoms with E-state index >= 15 is 0 Å². The van der Waals surface area contributed by atoms with Crippen LogP contribution in [0.4, 0.5) is 0 Å². The van der Waals surface area contributed by atoms with E-state index in [0.717, 1.165) is 11.1 Å². The fourth-order valence-electron chi connectivity index (χ4n) is 3.42. The van der Waals surface area contributed by atoms with Gasteiger partial charge < -0.3 is 5.11 Å². The first-order chi connectivity index (χ1) is 13.5. The Hall–Kier alpha value is -3.12. The number of aromatic hydroxyl groups is 1. The van der Waals surface area contributed by atoms with E-state index in [0.29, 0.717) is 17.7 Å². The molecule has 0 fully saturated rings. The zero-order chi connectivity index (χ0) is 19.7. The van der Waals surface area contributed by atoms with Crippen molar-refractivity contribution in [3.63, 3.8) is 0 Å². The van der Waals surface area contributed by atoms with E-state index in [2.05, 4.69) is 5.10 Å². The van der Waals surface area contributed by atoms with Gasteiger partial charge in [0.15, 0.2) is 0 Å². The first kappa shape index (κ1) is 18.3. The number of nitrogens with zero attached hydrogens (tertiary/aromatic N) is 2. The summed E-state index contributed by atoms with van der Waals surface area (Å²) in [4.78, 5) is 0.190. The monoisotopic (exact) mass is 392 g/mol. The summed E-state index contributed by atoms with van der Waals surface area (Å²) in [6, 6.07) is 22.4. The highest BCUT2D eigenvalue weighted by Crippen LogP contribution is 2.38. The quantitative estimate of drug-likeness (QED) is 0.722. The van der Waals surface area contributed by atoms with Crippen molar-refractivity contribution in [3.05, 3.63) is 95.6 Å². The van der Waals surface area contributed by atoms with Crippen molar-refractivity contribution in [1.82, 2.24) is 4.41 Å². The van der Waals surface area contributed by atoms with Gasteiger partial charge in [0, 0.05) is 12.0 Å². The second kappa shape index (κ2) is 7.13. The van der Waals surface area contributed by atoms with Gasteiger partial charge in [-0.1, -0.05) is 60.2 Å². The summed E-state index contributed by atoms with van der Waals surface area (Å²) in [6.07, 6.45) is 0.382. The summed E-state index contributed by atoms with van der Waals surface area (Å²) in [6.45, 7) is 1.97. The summed E-state index contributed by atoms with van der Waals surface area (Å²) in [5, 5.41) is 14.7. The number of para-hydroxylation sites is 1. The van der Waals surface area contributed by atoms with Crippen LogP contribution in [0, 0.1) is 6.92 Å². The van der Waals surface area contributed by atoms with Crippen molar-refractivity contribution in [2.45, 2.75) is 24.3 Å². The van der Waals surface area contributed by atoms with E-state index < -0.39 is 16.1 Å². The maximum atomic E-state index is 13.3. The molecule has 0 aromatic heterocycles. The van der Waals surface area contributed by atoms with Crippen LogP contribution in [-0.2, 0) is 10.0 Å². The highest BCUT2D eigenvalue weighted by atomic mass is 32.2. The first-order valence-corrected chi connectivity index (χ1v) is 10.4. The van der Waals surface area contributed by atoms with Crippen LogP contribution in [0.2, 0.25) is 0 Å². The number of phenolic OH excluding ortho intramolecular Hbond substituents is 1. The molecule has 0 radical (unpaired) electrons. The average molecular weight is 392 g/mol. The molecule has 3 aromatic rings. The summed E-state index contributed by atoms with van der Waals surface area (Å²) in [5.41, 5.74) is 3.01. The SMILES string of the molecule is Cc1cccc([C@@H]2CC(c3ccccc3O)=NN2S(=O)(=O)c2ccccc2)c1. The summed E-state index contributed by atoms with van der Waals surface area (Å²) in [5.74, 6) is 0.0863. The van der Waals surface area contributed by atoms with Crippen LogP contribution in [0.3, 0.4) is 0 Å². The largest absolute Gasteiger partial charge is 0.507 e. The topological polar surface area (TPSA) is 70.0 Å². The number of sulfonamides is 1. The predicted octanol–water partition coefficient (Wildman–Crippen LogP) is 4.24. The van der Waals surface area contributed by atoms with Crippen LogP contribution >= 0.6 is 0 Å². The van der Waals surface area contributed by atoms with Crippen LogP contribution in [0.15, 0.2) is 88.9 Å². The van der Waals surface area contributed by atoms with Gasteiger partial charge in [-0.25, -0.2) is 0 Å². The lowest BCUT2D eigenvalue weighted by atomic mass is 9.98. The Labute approximate surface area is 164 Å². The number of benzene rings is 3. The molecule has 1 N–H and O–H groups in total. The smallest absolute Gasteiger partial charge is 0.279 e.